The Kier molecular flexibility index (Phi) is 6.30. The Bertz CT molecular complexity index is 1270. The Balaban J connectivity index is 1.93. The number of ether oxygens (including phenoxy) is 3. The van der Waals surface area contributed by atoms with Crippen molar-refractivity contribution in [3.05, 3.63) is 74.4 Å². The second-order valence-electron chi connectivity index (χ2n) is 7.51. The summed E-state index contributed by atoms with van der Waals surface area (Å²) in [6, 6.07) is 11.0. The topological polar surface area (TPSA) is 73.9 Å². The van der Waals surface area contributed by atoms with Gasteiger partial charge in [-0.2, -0.15) is 0 Å². The van der Waals surface area contributed by atoms with Gasteiger partial charge in [0.1, 0.15) is 6.61 Å². The normalized spacial score (nSPS) is 16.6. The Morgan fingerprint density at radius 2 is 1.97 bits per heavy atom. The number of hydrogen-bond donors (Lipinski definition) is 1. The Morgan fingerprint density at radius 1 is 1.24 bits per heavy atom. The second-order valence-corrected chi connectivity index (χ2v) is 8.36. The van der Waals surface area contributed by atoms with Crippen LogP contribution in [0.15, 0.2) is 57.7 Å². The summed E-state index contributed by atoms with van der Waals surface area (Å²) < 4.78 is 17.2. The number of terminal acetylenes is 1. The van der Waals surface area contributed by atoms with Crippen LogP contribution in [0.4, 0.5) is 0 Å². The molecule has 0 fully saturated rings. The van der Waals surface area contributed by atoms with Crippen LogP contribution in [0.5, 0.6) is 11.5 Å². The van der Waals surface area contributed by atoms with E-state index in [1.807, 2.05) is 31.2 Å². The zero-order valence-electron chi connectivity index (χ0n) is 18.5. The number of Topliss-reactive ketones (excluding diaryl/α,β-unsaturated/α-hetero) is 1. The van der Waals surface area contributed by atoms with Crippen molar-refractivity contribution in [3.63, 3.8) is 0 Å². The summed E-state index contributed by atoms with van der Waals surface area (Å²) in [5, 5.41) is 3.28. The maximum atomic E-state index is 13.5. The second kappa shape index (κ2) is 9.16. The van der Waals surface area contributed by atoms with Gasteiger partial charge in [0.25, 0.3) is 0 Å². The highest BCUT2D eigenvalue weighted by molar-refractivity contribution is 9.10. The predicted molar refractivity (Wildman–Crippen MR) is 128 cm³/mol. The van der Waals surface area contributed by atoms with Crippen LogP contribution in [-0.2, 0) is 9.53 Å². The summed E-state index contributed by atoms with van der Waals surface area (Å²) in [6.07, 6.45) is 5.34. The Morgan fingerprint density at radius 3 is 2.64 bits per heavy atom. The maximum Gasteiger partial charge on any atom is 0.336 e. The van der Waals surface area contributed by atoms with Crippen molar-refractivity contribution in [2.24, 2.45) is 0 Å². The molecule has 1 heterocycles. The van der Waals surface area contributed by atoms with Crippen molar-refractivity contribution in [3.8, 4) is 23.8 Å². The Hall–Kier alpha value is -3.50. The highest BCUT2D eigenvalue weighted by atomic mass is 79.9. The molecule has 2 aromatic rings. The summed E-state index contributed by atoms with van der Waals surface area (Å²) in [4.78, 5) is 26.6. The van der Waals surface area contributed by atoms with Crippen molar-refractivity contribution >= 4 is 33.4 Å². The first-order valence-electron chi connectivity index (χ1n) is 10.4. The number of esters is 1. The molecule has 2 aliphatic rings. The van der Waals surface area contributed by atoms with E-state index in [0.29, 0.717) is 49.6 Å². The van der Waals surface area contributed by atoms with Crippen molar-refractivity contribution in [2.45, 2.75) is 19.8 Å². The fourth-order valence-electron chi connectivity index (χ4n) is 4.30. The lowest BCUT2D eigenvalue weighted by molar-refractivity contribution is -0.138. The summed E-state index contributed by atoms with van der Waals surface area (Å²) >= 11 is 3.53. The molecule has 0 aromatic heterocycles. The molecule has 168 valence electrons. The zero-order chi connectivity index (χ0) is 23.7. The Labute approximate surface area is 200 Å². The number of fused-ring (bicyclic) bond motifs is 2. The standard InChI is InChI=1S/C26H22BrNO5/c1-5-11-33-25-18(27)12-15(13-19(25)31-4)21-20(26(30)32-6-2)14(3)28-23-16-9-7-8-10-17(16)24(29)22(21)23/h1,7-10,12-13,21,28H,6,11H2,2-4H3/t21-/m0/s1. The maximum absolute atomic E-state index is 13.5. The predicted octanol–water partition coefficient (Wildman–Crippen LogP) is 4.60. The van der Waals surface area contributed by atoms with Gasteiger partial charge in [-0.1, -0.05) is 30.2 Å². The first kappa shape index (κ1) is 22.7. The molecule has 0 amide bonds. The molecule has 1 aliphatic heterocycles. The number of nitrogens with one attached hydrogen (secondary N) is 1. The smallest absolute Gasteiger partial charge is 0.336 e. The molecule has 1 atom stereocenters. The van der Waals surface area contributed by atoms with Gasteiger partial charge in [0.2, 0.25) is 0 Å². The monoisotopic (exact) mass is 507 g/mol. The van der Waals surface area contributed by atoms with Crippen molar-refractivity contribution in [1.82, 2.24) is 5.32 Å². The van der Waals surface area contributed by atoms with E-state index in [-0.39, 0.29) is 19.0 Å². The summed E-state index contributed by atoms with van der Waals surface area (Å²) in [7, 11) is 1.52. The largest absolute Gasteiger partial charge is 0.493 e. The van der Waals surface area contributed by atoms with Gasteiger partial charge in [-0.15, -0.1) is 6.42 Å². The number of halogens is 1. The molecule has 0 saturated carbocycles. The molecule has 33 heavy (non-hydrogen) atoms. The van der Waals surface area contributed by atoms with Crippen LogP contribution >= 0.6 is 15.9 Å². The molecule has 0 radical (unpaired) electrons. The van der Waals surface area contributed by atoms with Crippen LogP contribution < -0.4 is 14.8 Å². The number of hydrogen-bond acceptors (Lipinski definition) is 6. The SMILES string of the molecule is C#CCOc1c(Br)cc([C@H]2C(C(=O)OCC)=C(C)NC3=C2C(=O)c2ccccc23)cc1OC. The summed E-state index contributed by atoms with van der Waals surface area (Å²) in [6.45, 7) is 3.84. The van der Waals surface area contributed by atoms with E-state index in [1.165, 1.54) is 7.11 Å². The van der Waals surface area contributed by atoms with Crippen LogP contribution in [0.3, 0.4) is 0 Å². The van der Waals surface area contributed by atoms with Crippen LogP contribution in [0.2, 0.25) is 0 Å². The van der Waals surface area contributed by atoms with Gasteiger partial charge in [-0.3, -0.25) is 4.79 Å². The number of allylic oxidation sites excluding steroid dienone is 2. The van der Waals surface area contributed by atoms with Gasteiger partial charge in [0.05, 0.1) is 29.5 Å². The van der Waals surface area contributed by atoms with Crippen LogP contribution in [0.25, 0.3) is 5.70 Å². The van der Waals surface area contributed by atoms with Gasteiger partial charge >= 0.3 is 5.97 Å². The van der Waals surface area contributed by atoms with E-state index in [0.717, 1.165) is 5.56 Å². The third-order valence-corrected chi connectivity index (χ3v) is 6.22. The minimum Gasteiger partial charge on any atom is -0.493 e. The lowest BCUT2D eigenvalue weighted by Gasteiger charge is -2.29. The first-order chi connectivity index (χ1) is 15.9. The number of carbonyl (C=O) groups is 2. The molecule has 7 heteroatoms. The average molecular weight is 508 g/mol. The van der Waals surface area contributed by atoms with E-state index >= 15 is 0 Å². The van der Waals surface area contributed by atoms with E-state index in [9.17, 15) is 9.59 Å². The molecule has 4 rings (SSSR count). The van der Waals surface area contributed by atoms with Gasteiger partial charge in [0, 0.05) is 28.3 Å². The third kappa shape index (κ3) is 3.81. The number of carbonyl (C=O) groups excluding carboxylic acids is 2. The van der Waals surface area contributed by atoms with E-state index < -0.39 is 11.9 Å². The number of ketones is 1. The van der Waals surface area contributed by atoms with Gasteiger partial charge in [-0.05, 0) is 47.5 Å². The molecule has 1 aliphatic carbocycles. The van der Waals surface area contributed by atoms with Crippen LogP contribution in [-0.4, -0.2) is 32.1 Å². The molecule has 0 bridgehead atoms. The van der Waals surface area contributed by atoms with Crippen LogP contribution in [0, 0.1) is 12.3 Å². The molecule has 0 spiro atoms. The number of rotatable bonds is 6. The van der Waals surface area contributed by atoms with E-state index in [4.69, 9.17) is 20.6 Å². The third-order valence-electron chi connectivity index (χ3n) is 5.63. The summed E-state index contributed by atoms with van der Waals surface area (Å²) in [5.41, 5.74) is 4.30. The van der Waals surface area contributed by atoms with Gasteiger partial charge in [0.15, 0.2) is 17.3 Å². The van der Waals surface area contributed by atoms with Crippen molar-refractivity contribution < 1.29 is 23.8 Å². The quantitative estimate of drug-likeness (QED) is 0.454. The van der Waals surface area contributed by atoms with Gasteiger partial charge < -0.3 is 19.5 Å². The number of methoxy groups -OCH3 is 1. The van der Waals surface area contributed by atoms with Gasteiger partial charge in [-0.25, -0.2) is 4.79 Å². The molecule has 1 N–H and O–H groups in total. The molecule has 6 nitrogen and oxygen atoms in total. The molecular formula is C26H22BrNO5. The molecule has 0 saturated heterocycles. The highest BCUT2D eigenvalue weighted by Gasteiger charge is 2.43. The lowest BCUT2D eigenvalue weighted by Crippen LogP contribution is -2.29. The fourth-order valence-corrected chi connectivity index (χ4v) is 4.88. The van der Waals surface area contributed by atoms with E-state index in [1.54, 1.807) is 19.1 Å². The minimum absolute atomic E-state index is 0.0673. The van der Waals surface area contributed by atoms with E-state index in [2.05, 4.69) is 27.2 Å². The highest BCUT2D eigenvalue weighted by Crippen LogP contribution is 2.49. The minimum atomic E-state index is -0.660. The van der Waals surface area contributed by atoms with Crippen molar-refractivity contribution in [1.29, 1.82) is 0 Å². The first-order valence-corrected chi connectivity index (χ1v) is 11.2. The number of dihydropyridines is 1. The lowest BCUT2D eigenvalue weighted by atomic mass is 9.79. The fraction of sp³-hybridized carbons (Fsp3) is 0.231. The van der Waals surface area contributed by atoms with Crippen LogP contribution in [0.1, 0.15) is 41.3 Å². The molecular weight excluding hydrogens is 486 g/mol. The molecule has 0 unspecified atom stereocenters. The molecule has 2 aromatic carbocycles. The van der Waals surface area contributed by atoms with Crippen molar-refractivity contribution in [2.75, 3.05) is 20.3 Å². The number of benzene rings is 2. The summed E-state index contributed by atoms with van der Waals surface area (Å²) in [5.74, 6) is 2.04. The average Bonchev–Trinajstić information content (AvgIpc) is 3.08. The zero-order valence-corrected chi connectivity index (χ0v) is 20.0.